The molecule has 0 N–H and O–H groups in total. The van der Waals surface area contributed by atoms with Crippen molar-refractivity contribution in [2.24, 2.45) is 0 Å². The monoisotopic (exact) mass is 704 g/mol. The van der Waals surface area contributed by atoms with Gasteiger partial charge in [0.25, 0.3) is 0 Å². The minimum Gasteiger partial charge on any atom is -0.277 e. The third-order valence-corrected chi connectivity index (χ3v) is 12.2. The second-order valence-corrected chi connectivity index (χ2v) is 15.0. The van der Waals surface area contributed by atoms with Gasteiger partial charge in [0, 0.05) is 52.8 Å². The van der Waals surface area contributed by atoms with Crippen molar-refractivity contribution in [2.75, 3.05) is 0 Å². The van der Waals surface area contributed by atoms with Gasteiger partial charge in [-0.2, -0.15) is 9.97 Å². The molecular formula is C49H28N4S. The number of fused-ring (bicyclic) bond motifs is 14. The van der Waals surface area contributed by atoms with E-state index in [4.69, 9.17) is 15.0 Å². The molecule has 54 heavy (non-hydrogen) atoms. The molecule has 0 saturated carbocycles. The summed E-state index contributed by atoms with van der Waals surface area (Å²) in [6, 6.07) is 60.7. The molecule has 12 aromatic rings. The van der Waals surface area contributed by atoms with Crippen molar-refractivity contribution < 1.29 is 0 Å². The van der Waals surface area contributed by atoms with Crippen molar-refractivity contribution in [3.8, 4) is 28.7 Å². The fraction of sp³-hybridized carbons (Fsp3) is 0. The van der Waals surface area contributed by atoms with Crippen molar-refractivity contribution in [1.82, 2.24) is 19.5 Å². The van der Waals surface area contributed by atoms with Gasteiger partial charge in [0.1, 0.15) is 0 Å². The van der Waals surface area contributed by atoms with Crippen LogP contribution in [-0.4, -0.2) is 19.5 Å². The van der Waals surface area contributed by atoms with Gasteiger partial charge in [-0.05, 0) is 56.6 Å². The Kier molecular flexibility index (Phi) is 6.18. The van der Waals surface area contributed by atoms with E-state index in [0.717, 1.165) is 32.9 Å². The summed E-state index contributed by atoms with van der Waals surface area (Å²) in [7, 11) is 0. The van der Waals surface area contributed by atoms with Gasteiger partial charge in [-0.15, -0.1) is 11.3 Å². The second kappa shape index (κ2) is 11.3. The SMILES string of the molecule is c1ccc2cc(-c3nc(-c4ccc5ccccc5c4)nc(-n4c5ccccc5c5c6ccc7c8ccccc8sc7c6c6ccccc6c54)n3)ccc2c1. The molecule has 4 nitrogen and oxygen atoms in total. The van der Waals surface area contributed by atoms with Crippen LogP contribution < -0.4 is 0 Å². The van der Waals surface area contributed by atoms with E-state index in [1.165, 1.54) is 63.3 Å². The fourth-order valence-corrected chi connectivity index (χ4v) is 9.79. The molecule has 5 heteroatoms. The van der Waals surface area contributed by atoms with Gasteiger partial charge >= 0.3 is 0 Å². The maximum Gasteiger partial charge on any atom is 0.238 e. The molecular weight excluding hydrogens is 677 g/mol. The number of thiophene rings is 1. The number of hydrogen-bond acceptors (Lipinski definition) is 4. The van der Waals surface area contributed by atoms with Crippen LogP contribution in [0.2, 0.25) is 0 Å². The highest BCUT2D eigenvalue weighted by atomic mass is 32.1. The normalized spacial score (nSPS) is 12.1. The van der Waals surface area contributed by atoms with Crippen LogP contribution in [0.15, 0.2) is 170 Å². The van der Waals surface area contributed by atoms with Crippen LogP contribution in [0.25, 0.3) is 114 Å². The molecule has 0 fully saturated rings. The number of rotatable bonds is 3. The minimum atomic E-state index is 0.593. The average molecular weight is 705 g/mol. The van der Waals surface area contributed by atoms with Crippen LogP contribution in [0.4, 0.5) is 0 Å². The van der Waals surface area contributed by atoms with Crippen LogP contribution in [0.1, 0.15) is 0 Å². The molecule has 0 aliphatic heterocycles. The molecule has 12 rings (SSSR count). The lowest BCUT2D eigenvalue weighted by Crippen LogP contribution is -2.06. The maximum atomic E-state index is 5.35. The first kappa shape index (κ1) is 29.6. The topological polar surface area (TPSA) is 43.6 Å². The van der Waals surface area contributed by atoms with Crippen LogP contribution >= 0.6 is 11.3 Å². The first-order chi connectivity index (χ1) is 26.8. The van der Waals surface area contributed by atoms with Gasteiger partial charge in [0.15, 0.2) is 11.6 Å². The Bertz CT molecular complexity index is 3420. The van der Waals surface area contributed by atoms with Crippen molar-refractivity contribution in [2.45, 2.75) is 0 Å². The predicted molar refractivity (Wildman–Crippen MR) is 228 cm³/mol. The van der Waals surface area contributed by atoms with Crippen LogP contribution in [0, 0.1) is 0 Å². The summed E-state index contributed by atoms with van der Waals surface area (Å²) in [5, 5.41) is 14.5. The number of nitrogens with zero attached hydrogens (tertiary/aromatic N) is 4. The summed E-state index contributed by atoms with van der Waals surface area (Å²) in [5.41, 5.74) is 4.05. The third kappa shape index (κ3) is 4.27. The van der Waals surface area contributed by atoms with E-state index in [-0.39, 0.29) is 0 Å². The number of benzene rings is 9. The molecule has 0 bridgehead atoms. The zero-order valence-electron chi connectivity index (χ0n) is 28.9. The Balaban J connectivity index is 1.22. The van der Waals surface area contributed by atoms with E-state index < -0.39 is 0 Å². The van der Waals surface area contributed by atoms with Gasteiger partial charge in [0.05, 0.1) is 11.0 Å². The molecule has 0 aliphatic carbocycles. The van der Waals surface area contributed by atoms with Crippen LogP contribution in [0.3, 0.4) is 0 Å². The van der Waals surface area contributed by atoms with Gasteiger partial charge in [-0.1, -0.05) is 146 Å². The standard InChI is InChI=1S/C49H28N4S/c1-3-13-31-27-33(23-21-29(31)11-1)47-50-48(34-24-22-30-12-2-4-14-32(30)28-34)52-49(51-47)53-41-19-9-7-18-39(41)43-40-26-25-38-35-15-8-10-20-42(35)54-46(38)44(40)36-16-5-6-17-37(36)45(43)53/h1-28H. The van der Waals surface area contributed by atoms with Crippen molar-refractivity contribution in [1.29, 1.82) is 0 Å². The lowest BCUT2D eigenvalue weighted by molar-refractivity contribution is 0.955. The largest absolute Gasteiger partial charge is 0.277 e. The molecule has 0 aliphatic rings. The highest BCUT2D eigenvalue weighted by molar-refractivity contribution is 7.26. The molecule has 0 unspecified atom stereocenters. The Hall–Kier alpha value is -6.95. The van der Waals surface area contributed by atoms with E-state index in [9.17, 15) is 0 Å². The number of para-hydroxylation sites is 1. The van der Waals surface area contributed by atoms with Gasteiger partial charge in [0.2, 0.25) is 5.95 Å². The molecule has 3 heterocycles. The van der Waals surface area contributed by atoms with E-state index in [0.29, 0.717) is 17.6 Å². The van der Waals surface area contributed by atoms with Crippen molar-refractivity contribution >= 4 is 96.4 Å². The van der Waals surface area contributed by atoms with Gasteiger partial charge in [-0.3, -0.25) is 4.57 Å². The van der Waals surface area contributed by atoms with Crippen LogP contribution in [-0.2, 0) is 0 Å². The summed E-state index contributed by atoms with van der Waals surface area (Å²) >= 11 is 1.88. The number of hydrogen-bond donors (Lipinski definition) is 0. The van der Waals surface area contributed by atoms with Gasteiger partial charge in [-0.25, -0.2) is 4.98 Å². The molecule has 0 atom stereocenters. The Morgan fingerprint density at radius 2 is 0.944 bits per heavy atom. The zero-order chi connectivity index (χ0) is 35.3. The highest BCUT2D eigenvalue weighted by Gasteiger charge is 2.23. The number of aromatic nitrogens is 4. The van der Waals surface area contributed by atoms with Crippen LogP contribution in [0.5, 0.6) is 0 Å². The maximum absolute atomic E-state index is 5.35. The van der Waals surface area contributed by atoms with E-state index in [1.54, 1.807) is 0 Å². The smallest absolute Gasteiger partial charge is 0.238 e. The summed E-state index contributed by atoms with van der Waals surface area (Å²) in [5.74, 6) is 1.86. The molecule has 9 aromatic carbocycles. The quantitative estimate of drug-likeness (QED) is 0.172. The lowest BCUT2D eigenvalue weighted by atomic mass is 9.95. The summed E-state index contributed by atoms with van der Waals surface area (Å²) < 4.78 is 4.90. The van der Waals surface area contributed by atoms with Gasteiger partial charge < -0.3 is 0 Å². The Labute approximate surface area is 313 Å². The van der Waals surface area contributed by atoms with E-state index >= 15 is 0 Å². The average Bonchev–Trinajstić information content (AvgIpc) is 3.80. The first-order valence-electron chi connectivity index (χ1n) is 18.2. The lowest BCUT2D eigenvalue weighted by Gasteiger charge is -2.14. The molecule has 0 radical (unpaired) electrons. The second-order valence-electron chi connectivity index (χ2n) is 14.0. The Morgan fingerprint density at radius 1 is 0.389 bits per heavy atom. The molecule has 250 valence electrons. The van der Waals surface area contributed by atoms with E-state index in [1.807, 2.05) is 11.3 Å². The van der Waals surface area contributed by atoms with E-state index in [2.05, 4.69) is 174 Å². The zero-order valence-corrected chi connectivity index (χ0v) is 29.7. The fourth-order valence-electron chi connectivity index (χ4n) is 8.53. The summed E-state index contributed by atoms with van der Waals surface area (Å²) in [4.78, 5) is 15.9. The molecule has 0 saturated heterocycles. The summed E-state index contributed by atoms with van der Waals surface area (Å²) in [6.07, 6.45) is 0. The predicted octanol–water partition coefficient (Wildman–Crippen LogP) is 13.3. The third-order valence-electron chi connectivity index (χ3n) is 11.0. The van der Waals surface area contributed by atoms with Crippen molar-refractivity contribution in [3.63, 3.8) is 0 Å². The summed E-state index contributed by atoms with van der Waals surface area (Å²) in [6.45, 7) is 0. The minimum absolute atomic E-state index is 0.593. The molecule has 0 spiro atoms. The first-order valence-corrected chi connectivity index (χ1v) is 19.0. The highest BCUT2D eigenvalue weighted by Crippen LogP contribution is 2.47. The Morgan fingerprint density at radius 3 is 1.65 bits per heavy atom. The molecule has 3 aromatic heterocycles. The molecule has 0 amide bonds. The van der Waals surface area contributed by atoms with Crippen molar-refractivity contribution in [3.05, 3.63) is 170 Å².